The van der Waals surface area contributed by atoms with Crippen molar-refractivity contribution in [2.24, 2.45) is 5.73 Å². The highest BCUT2D eigenvalue weighted by Gasteiger charge is 2.39. The molecule has 1 aromatic rings. The second-order valence-electron chi connectivity index (χ2n) is 3.55. The Bertz CT molecular complexity index is 581. The molecule has 0 aliphatic carbocycles. The third-order valence-corrected chi connectivity index (χ3v) is 5.81. The van der Waals surface area contributed by atoms with E-state index >= 15 is 0 Å². The van der Waals surface area contributed by atoms with Gasteiger partial charge >= 0.3 is 0 Å². The van der Waals surface area contributed by atoms with E-state index in [4.69, 9.17) is 5.73 Å². The maximum Gasteiger partial charge on any atom is 0.260 e. The van der Waals surface area contributed by atoms with Crippen LogP contribution in [0.5, 0.6) is 0 Å². The molecule has 1 aliphatic heterocycles. The minimum Gasteiger partial charge on any atom is -0.365 e. The van der Waals surface area contributed by atoms with Crippen molar-refractivity contribution in [1.29, 1.82) is 0 Å². The molecule has 2 heterocycles. The molecule has 2 rings (SSSR count). The zero-order valence-electron chi connectivity index (χ0n) is 8.69. The van der Waals surface area contributed by atoms with Crippen LogP contribution in [0.25, 0.3) is 5.57 Å². The van der Waals surface area contributed by atoms with E-state index in [2.05, 4.69) is 0 Å². The largest absolute Gasteiger partial charge is 0.365 e. The molecule has 16 heavy (non-hydrogen) atoms. The van der Waals surface area contributed by atoms with Gasteiger partial charge in [0, 0.05) is 5.56 Å². The van der Waals surface area contributed by atoms with Crippen LogP contribution in [0.1, 0.15) is 25.3 Å². The normalized spacial score (nSPS) is 17.6. The zero-order chi connectivity index (χ0) is 11.9. The van der Waals surface area contributed by atoms with Crippen LogP contribution in [-0.2, 0) is 14.6 Å². The van der Waals surface area contributed by atoms with E-state index in [1.165, 1.54) is 0 Å². The van der Waals surface area contributed by atoms with Crippen molar-refractivity contribution in [2.45, 2.75) is 24.0 Å². The van der Waals surface area contributed by atoms with E-state index in [-0.39, 0.29) is 9.11 Å². The Hall–Kier alpha value is -1.14. The second kappa shape index (κ2) is 3.71. The Kier molecular flexibility index (Phi) is 2.63. The smallest absolute Gasteiger partial charge is 0.260 e. The number of nitrogens with two attached hydrogens (primary N) is 1. The van der Waals surface area contributed by atoms with Crippen molar-refractivity contribution < 1.29 is 13.2 Å². The summed E-state index contributed by atoms with van der Waals surface area (Å²) in [6.07, 6.45) is 1.33. The third-order valence-electron chi connectivity index (χ3n) is 2.47. The van der Waals surface area contributed by atoms with Crippen LogP contribution in [0, 0.1) is 0 Å². The Balaban J connectivity index is 2.75. The summed E-state index contributed by atoms with van der Waals surface area (Å²) in [5.74, 6) is -0.855. The monoisotopic (exact) mass is 257 g/mol. The van der Waals surface area contributed by atoms with Gasteiger partial charge in [-0.05, 0) is 23.4 Å². The zero-order valence-corrected chi connectivity index (χ0v) is 10.3. The number of thiophene rings is 1. The number of fused-ring (bicyclic) bond motifs is 1. The van der Waals surface area contributed by atoms with E-state index in [0.29, 0.717) is 17.6 Å². The minimum atomic E-state index is -3.65. The van der Waals surface area contributed by atoms with Crippen LogP contribution in [0.3, 0.4) is 0 Å². The maximum absolute atomic E-state index is 12.0. The van der Waals surface area contributed by atoms with Crippen LogP contribution in [0.4, 0.5) is 0 Å². The summed E-state index contributed by atoms with van der Waals surface area (Å²) in [6.45, 7) is 1.93. The fourth-order valence-corrected chi connectivity index (χ4v) is 4.92. The van der Waals surface area contributed by atoms with Crippen molar-refractivity contribution >= 4 is 32.7 Å². The van der Waals surface area contributed by atoms with Gasteiger partial charge in [0.05, 0.1) is 0 Å². The molecule has 6 heteroatoms. The number of allylic oxidation sites excluding steroid dienone is 1. The van der Waals surface area contributed by atoms with Gasteiger partial charge in [0.1, 0.15) is 9.11 Å². The van der Waals surface area contributed by atoms with Crippen LogP contribution in [0.15, 0.2) is 20.6 Å². The lowest BCUT2D eigenvalue weighted by atomic mass is 10.0. The first-order valence-corrected chi connectivity index (χ1v) is 7.22. The number of hydrogen-bond acceptors (Lipinski definition) is 4. The number of carbonyl (C=O) groups is 1. The predicted molar refractivity (Wildman–Crippen MR) is 62.5 cm³/mol. The SMILES string of the molecule is CCCC1=C(C(N)=O)S(=O)(=O)c2sccc21. The fraction of sp³-hybridized carbons (Fsp3) is 0.300. The van der Waals surface area contributed by atoms with Crippen molar-refractivity contribution in [2.75, 3.05) is 0 Å². The van der Waals surface area contributed by atoms with Crippen molar-refractivity contribution in [3.8, 4) is 0 Å². The van der Waals surface area contributed by atoms with Crippen molar-refractivity contribution in [1.82, 2.24) is 0 Å². The lowest BCUT2D eigenvalue weighted by Gasteiger charge is -2.01. The maximum atomic E-state index is 12.0. The summed E-state index contributed by atoms with van der Waals surface area (Å²) < 4.78 is 24.3. The lowest BCUT2D eigenvalue weighted by Crippen LogP contribution is -2.19. The molecule has 86 valence electrons. The van der Waals surface area contributed by atoms with E-state index in [9.17, 15) is 13.2 Å². The van der Waals surface area contributed by atoms with Crippen molar-refractivity contribution in [3.05, 3.63) is 21.9 Å². The molecule has 0 spiro atoms. The first kappa shape index (κ1) is 11.3. The van der Waals surface area contributed by atoms with Gasteiger partial charge in [-0.1, -0.05) is 13.3 Å². The molecule has 1 amide bonds. The molecule has 0 saturated heterocycles. The van der Waals surface area contributed by atoms with E-state index in [1.54, 1.807) is 11.4 Å². The van der Waals surface area contributed by atoms with Gasteiger partial charge in [0.25, 0.3) is 5.91 Å². The predicted octanol–water partition coefficient (Wildman–Crippen LogP) is 1.53. The molecule has 1 aliphatic rings. The van der Waals surface area contributed by atoms with Gasteiger partial charge < -0.3 is 5.73 Å². The van der Waals surface area contributed by atoms with Gasteiger partial charge in [0.2, 0.25) is 9.84 Å². The number of rotatable bonds is 3. The van der Waals surface area contributed by atoms with Crippen LogP contribution >= 0.6 is 11.3 Å². The highest BCUT2D eigenvalue weighted by Crippen LogP contribution is 2.43. The van der Waals surface area contributed by atoms with Gasteiger partial charge in [-0.3, -0.25) is 4.79 Å². The summed E-state index contributed by atoms with van der Waals surface area (Å²) in [6, 6.07) is 1.73. The second-order valence-corrected chi connectivity index (χ2v) is 6.55. The molecule has 4 nitrogen and oxygen atoms in total. The minimum absolute atomic E-state index is 0.212. The number of amides is 1. The first-order chi connectivity index (χ1) is 7.50. The number of primary amides is 1. The van der Waals surface area contributed by atoms with E-state index < -0.39 is 15.7 Å². The van der Waals surface area contributed by atoms with Gasteiger partial charge in [0.15, 0.2) is 0 Å². The standard InChI is InChI=1S/C10H11NO3S2/c1-2-3-6-7-4-5-15-10(7)16(13,14)8(6)9(11)12/h4-5H,2-3H2,1H3,(H2,11,12). The molecule has 0 atom stereocenters. The Morgan fingerprint density at radius 1 is 1.50 bits per heavy atom. The quantitative estimate of drug-likeness (QED) is 0.892. The van der Waals surface area contributed by atoms with Crippen LogP contribution in [-0.4, -0.2) is 14.3 Å². The molecule has 0 fully saturated rings. The first-order valence-electron chi connectivity index (χ1n) is 4.86. The highest BCUT2D eigenvalue weighted by molar-refractivity contribution is 7.98. The molecule has 0 saturated carbocycles. The number of carbonyl (C=O) groups excluding carboxylic acids is 1. The van der Waals surface area contributed by atoms with E-state index in [1.807, 2.05) is 6.92 Å². The molecule has 1 aromatic heterocycles. The van der Waals surface area contributed by atoms with Gasteiger partial charge in [-0.25, -0.2) is 8.42 Å². The Morgan fingerprint density at radius 3 is 2.75 bits per heavy atom. The summed E-state index contributed by atoms with van der Waals surface area (Å²) in [5.41, 5.74) is 6.39. The van der Waals surface area contributed by atoms with Crippen molar-refractivity contribution in [3.63, 3.8) is 0 Å². The van der Waals surface area contributed by atoms with Crippen LogP contribution in [0.2, 0.25) is 0 Å². The topological polar surface area (TPSA) is 77.2 Å². The Labute approximate surface area is 97.7 Å². The summed E-state index contributed by atoms with van der Waals surface area (Å²) in [7, 11) is -3.65. The highest BCUT2D eigenvalue weighted by atomic mass is 32.2. The molecular formula is C10H11NO3S2. The molecular weight excluding hydrogens is 246 g/mol. The third kappa shape index (κ3) is 1.41. The van der Waals surface area contributed by atoms with Crippen LogP contribution < -0.4 is 5.73 Å². The van der Waals surface area contributed by atoms with Gasteiger partial charge in [-0.2, -0.15) is 0 Å². The number of hydrogen-bond donors (Lipinski definition) is 1. The molecule has 0 radical (unpaired) electrons. The molecule has 2 N–H and O–H groups in total. The Morgan fingerprint density at radius 2 is 2.19 bits per heavy atom. The summed E-state index contributed by atoms with van der Waals surface area (Å²) in [4.78, 5) is 11.0. The summed E-state index contributed by atoms with van der Waals surface area (Å²) >= 11 is 1.13. The molecule has 0 bridgehead atoms. The molecule has 0 unspecified atom stereocenters. The number of sulfone groups is 1. The van der Waals surface area contributed by atoms with E-state index in [0.717, 1.165) is 17.8 Å². The lowest BCUT2D eigenvalue weighted by molar-refractivity contribution is -0.113. The molecule has 0 aromatic carbocycles. The average molecular weight is 257 g/mol. The fourth-order valence-electron chi connectivity index (χ4n) is 1.88. The van der Waals surface area contributed by atoms with Gasteiger partial charge in [-0.15, -0.1) is 11.3 Å². The average Bonchev–Trinajstić information content (AvgIpc) is 2.70. The summed E-state index contributed by atoms with van der Waals surface area (Å²) in [5, 5.41) is 1.72.